The average Bonchev–Trinajstić information content (AvgIpc) is 2.49. The molecule has 0 aromatic rings. The molecule has 0 atom stereocenters. The quantitative estimate of drug-likeness (QED) is 0.499. The van der Waals surface area contributed by atoms with Crippen LogP contribution in [0.1, 0.15) is 25.7 Å². The van der Waals surface area contributed by atoms with Crippen LogP contribution >= 0.6 is 11.1 Å². The fourth-order valence-corrected chi connectivity index (χ4v) is 3.18. The first-order valence-electron chi connectivity index (χ1n) is 5.34. The zero-order chi connectivity index (χ0) is 12.4. The standard InChI is InChI=1S/C11H16ClF3Si/c1-16(2,12)10-6-5-9(8-10)4-3-7-11(13,14)15/h5,8H,3-4,6-7H2,1-2H3. The van der Waals surface area contributed by atoms with Gasteiger partial charge in [0.15, 0.2) is 7.38 Å². The number of rotatable bonds is 4. The number of hydrogen-bond acceptors (Lipinski definition) is 0. The van der Waals surface area contributed by atoms with Gasteiger partial charge in [0.05, 0.1) is 0 Å². The van der Waals surface area contributed by atoms with Crippen LogP contribution in [0.3, 0.4) is 0 Å². The molecule has 1 aliphatic rings. The van der Waals surface area contributed by atoms with Crippen molar-refractivity contribution in [2.24, 2.45) is 0 Å². The Kier molecular flexibility index (Phi) is 4.29. The van der Waals surface area contributed by atoms with E-state index < -0.39 is 20.0 Å². The molecule has 0 aromatic heterocycles. The lowest BCUT2D eigenvalue weighted by molar-refractivity contribution is -0.135. The highest BCUT2D eigenvalue weighted by Gasteiger charge is 2.27. The number of allylic oxidation sites excluding steroid dienone is 4. The first kappa shape index (κ1) is 13.8. The van der Waals surface area contributed by atoms with E-state index in [4.69, 9.17) is 11.1 Å². The maximum absolute atomic E-state index is 11.9. The van der Waals surface area contributed by atoms with Gasteiger partial charge in [0.25, 0.3) is 0 Å². The van der Waals surface area contributed by atoms with Crippen LogP contribution in [-0.4, -0.2) is 13.6 Å². The third kappa shape index (κ3) is 4.74. The van der Waals surface area contributed by atoms with Crippen molar-refractivity contribution in [3.63, 3.8) is 0 Å². The van der Waals surface area contributed by atoms with Crippen molar-refractivity contribution in [1.29, 1.82) is 0 Å². The van der Waals surface area contributed by atoms with Crippen LogP contribution in [0.2, 0.25) is 13.1 Å². The van der Waals surface area contributed by atoms with Gasteiger partial charge >= 0.3 is 6.18 Å². The van der Waals surface area contributed by atoms with Gasteiger partial charge in [-0.2, -0.15) is 24.3 Å². The predicted molar refractivity (Wildman–Crippen MR) is 64.0 cm³/mol. The lowest BCUT2D eigenvalue weighted by Crippen LogP contribution is -2.19. The SMILES string of the molecule is C[Si](C)(Cl)C1=CC(CCCC(F)(F)F)=CC1. The zero-order valence-corrected chi connectivity index (χ0v) is 11.3. The molecule has 0 aromatic carbocycles. The van der Waals surface area contributed by atoms with Gasteiger partial charge in [-0.1, -0.05) is 36.0 Å². The van der Waals surface area contributed by atoms with E-state index in [1.54, 1.807) is 0 Å². The highest BCUT2D eigenvalue weighted by molar-refractivity contribution is 7.23. The zero-order valence-electron chi connectivity index (χ0n) is 9.49. The van der Waals surface area contributed by atoms with Crippen molar-refractivity contribution in [2.45, 2.75) is 45.0 Å². The van der Waals surface area contributed by atoms with Crippen LogP contribution in [-0.2, 0) is 0 Å². The number of halogens is 4. The number of alkyl halides is 3. The molecule has 92 valence electrons. The molecule has 0 unspecified atom stereocenters. The summed E-state index contributed by atoms with van der Waals surface area (Å²) in [4.78, 5) is 0. The largest absolute Gasteiger partial charge is 0.389 e. The first-order chi connectivity index (χ1) is 7.18. The van der Waals surface area contributed by atoms with E-state index in [1.165, 1.54) is 5.20 Å². The van der Waals surface area contributed by atoms with E-state index in [0.717, 1.165) is 12.0 Å². The lowest BCUT2D eigenvalue weighted by Gasteiger charge is -2.13. The van der Waals surface area contributed by atoms with Crippen molar-refractivity contribution in [3.8, 4) is 0 Å². The second-order valence-electron chi connectivity index (χ2n) is 4.59. The summed E-state index contributed by atoms with van der Waals surface area (Å²) >= 11 is 6.27. The highest BCUT2D eigenvalue weighted by atomic mass is 35.6. The summed E-state index contributed by atoms with van der Waals surface area (Å²) in [5.74, 6) is 0. The van der Waals surface area contributed by atoms with Gasteiger partial charge in [-0.3, -0.25) is 0 Å². The van der Waals surface area contributed by atoms with Gasteiger partial charge in [0, 0.05) is 6.42 Å². The summed E-state index contributed by atoms with van der Waals surface area (Å²) in [6.45, 7) is 4.07. The fraction of sp³-hybridized carbons (Fsp3) is 0.636. The van der Waals surface area contributed by atoms with E-state index in [9.17, 15) is 13.2 Å². The third-order valence-corrected chi connectivity index (χ3v) is 5.24. The summed E-state index contributed by atoms with van der Waals surface area (Å²) in [5.41, 5.74) is 1.01. The first-order valence-corrected chi connectivity index (χ1v) is 9.35. The van der Waals surface area contributed by atoms with E-state index in [0.29, 0.717) is 6.42 Å². The molecule has 0 radical (unpaired) electrons. The predicted octanol–water partition coefficient (Wildman–Crippen LogP) is 4.96. The molecule has 1 rings (SSSR count). The van der Waals surface area contributed by atoms with Crippen LogP contribution in [0.5, 0.6) is 0 Å². The molecule has 0 aliphatic heterocycles. The summed E-state index contributed by atoms with van der Waals surface area (Å²) in [7, 11) is -1.78. The molecule has 0 saturated carbocycles. The Bertz CT molecular complexity index is 310. The van der Waals surface area contributed by atoms with E-state index in [2.05, 4.69) is 0 Å². The monoisotopic (exact) mass is 268 g/mol. The molecule has 1 aliphatic carbocycles. The highest BCUT2D eigenvalue weighted by Crippen LogP contribution is 2.32. The van der Waals surface area contributed by atoms with E-state index in [-0.39, 0.29) is 6.42 Å². The minimum atomic E-state index is -4.04. The Morgan fingerprint density at radius 1 is 1.38 bits per heavy atom. The molecule has 16 heavy (non-hydrogen) atoms. The minimum Gasteiger partial charge on any atom is -0.171 e. The topological polar surface area (TPSA) is 0 Å². The van der Waals surface area contributed by atoms with Crippen molar-refractivity contribution < 1.29 is 13.2 Å². The Balaban J connectivity index is 2.39. The molecule has 5 heteroatoms. The molecule has 0 nitrogen and oxygen atoms in total. The summed E-state index contributed by atoms with van der Waals surface area (Å²) in [5, 5.41) is 1.22. The second kappa shape index (κ2) is 4.96. The molecule has 0 N–H and O–H groups in total. The van der Waals surface area contributed by atoms with Crippen LogP contribution in [0, 0.1) is 0 Å². The summed E-state index contributed by atoms with van der Waals surface area (Å²) < 4.78 is 35.8. The van der Waals surface area contributed by atoms with Gasteiger partial charge < -0.3 is 0 Å². The average molecular weight is 269 g/mol. The van der Waals surface area contributed by atoms with Crippen LogP contribution in [0.15, 0.2) is 22.9 Å². The molecular formula is C11H16ClF3Si. The minimum absolute atomic E-state index is 0.170. The van der Waals surface area contributed by atoms with Gasteiger partial charge in [0.1, 0.15) is 0 Å². The Labute approximate surface area is 99.9 Å². The van der Waals surface area contributed by atoms with Crippen LogP contribution in [0.4, 0.5) is 13.2 Å². The lowest BCUT2D eigenvalue weighted by atomic mass is 10.1. The fourth-order valence-electron chi connectivity index (χ4n) is 1.66. The van der Waals surface area contributed by atoms with Crippen molar-refractivity contribution in [3.05, 3.63) is 22.9 Å². The van der Waals surface area contributed by atoms with Crippen molar-refractivity contribution in [2.75, 3.05) is 0 Å². The number of hydrogen-bond donors (Lipinski definition) is 0. The molecule has 0 saturated heterocycles. The van der Waals surface area contributed by atoms with E-state index in [1.807, 2.05) is 25.2 Å². The molecule has 0 fully saturated rings. The molecule has 0 heterocycles. The molecular weight excluding hydrogens is 253 g/mol. The Hall–Kier alpha value is -0.223. The third-order valence-electron chi connectivity index (χ3n) is 2.63. The molecule has 0 spiro atoms. The molecule has 0 amide bonds. The summed E-state index contributed by atoms with van der Waals surface area (Å²) in [6.07, 6.45) is 0.762. The van der Waals surface area contributed by atoms with Gasteiger partial charge in [-0.25, -0.2) is 0 Å². The van der Waals surface area contributed by atoms with Crippen molar-refractivity contribution >= 4 is 18.5 Å². The molecule has 0 bridgehead atoms. The van der Waals surface area contributed by atoms with Gasteiger partial charge in [0.2, 0.25) is 0 Å². The van der Waals surface area contributed by atoms with Crippen LogP contribution < -0.4 is 0 Å². The smallest absolute Gasteiger partial charge is 0.171 e. The normalized spacial score (nSPS) is 17.4. The second-order valence-corrected chi connectivity index (χ2v) is 11.0. The van der Waals surface area contributed by atoms with Crippen molar-refractivity contribution in [1.82, 2.24) is 0 Å². The van der Waals surface area contributed by atoms with Gasteiger partial charge in [-0.15, -0.1) is 0 Å². The maximum atomic E-state index is 11.9. The maximum Gasteiger partial charge on any atom is 0.389 e. The Morgan fingerprint density at radius 3 is 2.44 bits per heavy atom. The Morgan fingerprint density at radius 2 is 2.00 bits per heavy atom. The van der Waals surface area contributed by atoms with Gasteiger partial charge in [-0.05, 0) is 19.3 Å². The summed E-state index contributed by atoms with van der Waals surface area (Å²) in [6, 6.07) is 0. The van der Waals surface area contributed by atoms with Crippen LogP contribution in [0.25, 0.3) is 0 Å². The van der Waals surface area contributed by atoms with E-state index >= 15 is 0 Å².